The van der Waals surface area contributed by atoms with Gasteiger partial charge in [-0.2, -0.15) is 24.5 Å². The molecule has 15 heavy (non-hydrogen) atoms. The Morgan fingerprint density at radius 2 is 1.80 bits per heavy atom. The van der Waals surface area contributed by atoms with Crippen LogP contribution in [-0.2, 0) is 6.18 Å². The molecule has 6 heteroatoms. The normalized spacial score (nSPS) is 11.7. The summed E-state index contributed by atoms with van der Waals surface area (Å²) >= 11 is 1.44. The fourth-order valence-electron chi connectivity index (χ4n) is 1.02. The maximum atomic E-state index is 12.2. The largest absolute Gasteiger partial charge is 0.419 e. The Morgan fingerprint density at radius 1 is 1.13 bits per heavy atom. The monoisotopic (exact) mass is 230 g/mol. The Kier molecular flexibility index (Phi) is 2.44. The molecule has 0 amide bonds. The van der Waals surface area contributed by atoms with Crippen LogP contribution in [0.15, 0.2) is 29.2 Å². The summed E-state index contributed by atoms with van der Waals surface area (Å²) in [6.07, 6.45) is -2.80. The first-order chi connectivity index (χ1) is 7.07. The Morgan fingerprint density at radius 3 is 2.27 bits per heavy atom. The van der Waals surface area contributed by atoms with Crippen LogP contribution in [-0.4, -0.2) is 9.97 Å². The van der Waals surface area contributed by atoms with E-state index in [1.165, 1.54) is 11.3 Å². The van der Waals surface area contributed by atoms with Gasteiger partial charge in [0.2, 0.25) is 0 Å². The average molecular weight is 230 g/mol. The number of nitrogens with zero attached hydrogens (tertiary/aromatic N) is 2. The second-order valence-corrected chi connectivity index (χ2v) is 3.59. The van der Waals surface area contributed by atoms with Crippen molar-refractivity contribution in [3.8, 4) is 11.4 Å². The maximum Gasteiger partial charge on any atom is 0.419 e. The lowest BCUT2D eigenvalue weighted by atomic mass is 10.3. The number of rotatable bonds is 1. The molecule has 0 atom stereocenters. The van der Waals surface area contributed by atoms with Crippen LogP contribution in [0.5, 0.6) is 0 Å². The number of alkyl halides is 3. The van der Waals surface area contributed by atoms with E-state index in [0.29, 0.717) is 5.82 Å². The summed E-state index contributed by atoms with van der Waals surface area (Å²) in [4.78, 5) is 7.33. The number of hydrogen-bond acceptors (Lipinski definition) is 3. The molecule has 0 aliphatic carbocycles. The molecule has 0 spiro atoms. The van der Waals surface area contributed by atoms with Crippen molar-refractivity contribution in [2.75, 3.05) is 0 Å². The van der Waals surface area contributed by atoms with Crippen LogP contribution in [0.4, 0.5) is 13.2 Å². The highest BCUT2D eigenvalue weighted by molar-refractivity contribution is 7.08. The van der Waals surface area contributed by atoms with Crippen molar-refractivity contribution >= 4 is 11.3 Å². The molecule has 2 nitrogen and oxygen atoms in total. The van der Waals surface area contributed by atoms with Crippen molar-refractivity contribution in [2.24, 2.45) is 0 Å². The second-order valence-electron chi connectivity index (χ2n) is 2.81. The van der Waals surface area contributed by atoms with Gasteiger partial charge in [0.15, 0.2) is 5.82 Å². The van der Waals surface area contributed by atoms with Crippen LogP contribution in [0.25, 0.3) is 11.4 Å². The number of aromatic nitrogens is 2. The van der Waals surface area contributed by atoms with Gasteiger partial charge in [-0.05, 0) is 11.4 Å². The summed E-state index contributed by atoms with van der Waals surface area (Å²) in [6.45, 7) is 0. The standard InChI is InChI=1S/C9H5F3N2S/c10-9(11,12)7-3-13-8(14-4-7)6-1-2-15-5-6/h1-5H. The second kappa shape index (κ2) is 3.62. The third-order valence-electron chi connectivity index (χ3n) is 1.76. The summed E-state index contributed by atoms with van der Waals surface area (Å²) in [6, 6.07) is 1.76. The van der Waals surface area contributed by atoms with Crippen molar-refractivity contribution in [3.63, 3.8) is 0 Å². The van der Waals surface area contributed by atoms with Gasteiger partial charge in [-0.3, -0.25) is 0 Å². The van der Waals surface area contributed by atoms with E-state index in [0.717, 1.165) is 18.0 Å². The third kappa shape index (κ3) is 2.15. The third-order valence-corrected chi connectivity index (χ3v) is 2.44. The summed E-state index contributed by atoms with van der Waals surface area (Å²) in [7, 11) is 0. The van der Waals surface area contributed by atoms with E-state index >= 15 is 0 Å². The van der Waals surface area contributed by atoms with Gasteiger partial charge in [-0.25, -0.2) is 9.97 Å². The van der Waals surface area contributed by atoms with E-state index in [2.05, 4.69) is 9.97 Å². The van der Waals surface area contributed by atoms with Crippen LogP contribution < -0.4 is 0 Å². The smallest absolute Gasteiger partial charge is 0.236 e. The van der Waals surface area contributed by atoms with Crippen LogP contribution in [0, 0.1) is 0 Å². The Hall–Kier alpha value is -1.43. The molecule has 78 valence electrons. The van der Waals surface area contributed by atoms with Gasteiger partial charge in [0, 0.05) is 23.3 Å². The highest BCUT2D eigenvalue weighted by atomic mass is 32.1. The minimum Gasteiger partial charge on any atom is -0.236 e. The molecule has 0 aliphatic rings. The fraction of sp³-hybridized carbons (Fsp3) is 0.111. The van der Waals surface area contributed by atoms with E-state index in [9.17, 15) is 13.2 Å². The first-order valence-electron chi connectivity index (χ1n) is 3.99. The van der Waals surface area contributed by atoms with Gasteiger partial charge in [0.25, 0.3) is 0 Å². The summed E-state index contributed by atoms with van der Waals surface area (Å²) in [5, 5.41) is 3.60. The zero-order valence-corrected chi connectivity index (χ0v) is 8.14. The molecule has 2 aromatic rings. The molecule has 0 unspecified atom stereocenters. The van der Waals surface area contributed by atoms with Crippen molar-refractivity contribution < 1.29 is 13.2 Å². The van der Waals surface area contributed by atoms with Gasteiger partial charge < -0.3 is 0 Å². The predicted octanol–water partition coefficient (Wildman–Crippen LogP) is 3.22. The molecule has 2 aromatic heterocycles. The van der Waals surface area contributed by atoms with Gasteiger partial charge in [-0.15, -0.1) is 0 Å². The maximum absolute atomic E-state index is 12.2. The minimum absolute atomic E-state index is 0.309. The fourth-order valence-corrected chi connectivity index (χ4v) is 1.65. The van der Waals surface area contributed by atoms with Gasteiger partial charge >= 0.3 is 6.18 Å². The lowest BCUT2D eigenvalue weighted by Gasteiger charge is -2.05. The number of thiophene rings is 1. The number of hydrogen-bond donors (Lipinski definition) is 0. The molecule has 0 fully saturated rings. The quantitative estimate of drug-likeness (QED) is 0.751. The van der Waals surface area contributed by atoms with Crippen LogP contribution in [0.2, 0.25) is 0 Å². The molecular weight excluding hydrogens is 225 g/mol. The minimum atomic E-state index is -4.38. The lowest BCUT2D eigenvalue weighted by Crippen LogP contribution is -2.06. The summed E-state index contributed by atoms with van der Waals surface area (Å²) in [5.41, 5.74) is -0.102. The Labute approximate surface area is 87.4 Å². The molecule has 0 saturated heterocycles. The van der Waals surface area contributed by atoms with Crippen LogP contribution >= 0.6 is 11.3 Å². The van der Waals surface area contributed by atoms with E-state index in [4.69, 9.17) is 0 Å². The Bertz CT molecular complexity index is 433. The van der Waals surface area contributed by atoms with Gasteiger partial charge in [0.05, 0.1) is 5.56 Å². The molecule has 2 rings (SSSR count). The van der Waals surface area contributed by atoms with Gasteiger partial charge in [-0.1, -0.05) is 0 Å². The zero-order valence-electron chi connectivity index (χ0n) is 7.32. The SMILES string of the molecule is FC(F)(F)c1cnc(-c2ccsc2)nc1. The van der Waals surface area contributed by atoms with E-state index in [1.54, 1.807) is 11.4 Å². The average Bonchev–Trinajstić information content (AvgIpc) is 2.69. The van der Waals surface area contributed by atoms with Crippen molar-refractivity contribution in [1.82, 2.24) is 9.97 Å². The molecular formula is C9H5F3N2S. The van der Waals surface area contributed by atoms with E-state index in [-0.39, 0.29) is 0 Å². The first-order valence-corrected chi connectivity index (χ1v) is 4.93. The molecule has 0 aliphatic heterocycles. The van der Waals surface area contributed by atoms with E-state index in [1.807, 2.05) is 5.38 Å². The lowest BCUT2D eigenvalue weighted by molar-refractivity contribution is -0.138. The predicted molar refractivity (Wildman–Crippen MR) is 50.3 cm³/mol. The number of halogens is 3. The molecule has 0 N–H and O–H groups in total. The summed E-state index contributed by atoms with van der Waals surface area (Å²) < 4.78 is 36.6. The molecule has 0 radical (unpaired) electrons. The van der Waals surface area contributed by atoms with Crippen LogP contribution in [0.1, 0.15) is 5.56 Å². The molecule has 0 aromatic carbocycles. The first kappa shape index (κ1) is 10.1. The van der Waals surface area contributed by atoms with Crippen molar-refractivity contribution in [2.45, 2.75) is 6.18 Å². The highest BCUT2D eigenvalue weighted by Crippen LogP contribution is 2.28. The molecule has 2 heterocycles. The van der Waals surface area contributed by atoms with Crippen molar-refractivity contribution in [1.29, 1.82) is 0 Å². The van der Waals surface area contributed by atoms with Crippen molar-refractivity contribution in [3.05, 3.63) is 34.8 Å². The van der Waals surface area contributed by atoms with Crippen LogP contribution in [0.3, 0.4) is 0 Å². The summed E-state index contributed by atoms with van der Waals surface area (Å²) in [5.74, 6) is 0.309. The highest BCUT2D eigenvalue weighted by Gasteiger charge is 2.31. The molecule has 0 saturated carbocycles. The zero-order chi connectivity index (χ0) is 10.9. The topological polar surface area (TPSA) is 25.8 Å². The van der Waals surface area contributed by atoms with Gasteiger partial charge in [0.1, 0.15) is 0 Å². The van der Waals surface area contributed by atoms with E-state index < -0.39 is 11.7 Å². The Balaban J connectivity index is 2.33. The molecule has 0 bridgehead atoms.